The van der Waals surface area contributed by atoms with Crippen molar-refractivity contribution in [3.8, 4) is 0 Å². The van der Waals surface area contributed by atoms with Crippen LogP contribution in [0.1, 0.15) is 38.7 Å². The highest BCUT2D eigenvalue weighted by molar-refractivity contribution is 5.95. The van der Waals surface area contributed by atoms with E-state index in [-0.39, 0.29) is 18.1 Å². The van der Waals surface area contributed by atoms with Crippen molar-refractivity contribution in [1.29, 1.82) is 0 Å². The first-order chi connectivity index (χ1) is 11.2. The van der Waals surface area contributed by atoms with Crippen molar-refractivity contribution in [3.63, 3.8) is 0 Å². The number of nitrogens with zero attached hydrogens (tertiary/aromatic N) is 1. The van der Waals surface area contributed by atoms with E-state index in [0.29, 0.717) is 38.6 Å². The lowest BCUT2D eigenvalue weighted by molar-refractivity contribution is -0.149. The van der Waals surface area contributed by atoms with Crippen LogP contribution in [-0.2, 0) is 19.0 Å². The fourth-order valence-corrected chi connectivity index (χ4v) is 2.25. The van der Waals surface area contributed by atoms with Gasteiger partial charge in [0, 0.05) is 18.4 Å². The van der Waals surface area contributed by atoms with Gasteiger partial charge in [-0.3, -0.25) is 4.79 Å². The van der Waals surface area contributed by atoms with Gasteiger partial charge in [-0.25, -0.2) is 4.99 Å². The summed E-state index contributed by atoms with van der Waals surface area (Å²) in [7, 11) is 0. The molecule has 0 fully saturated rings. The molecule has 1 aromatic rings. The second-order valence-electron chi connectivity index (χ2n) is 5.68. The number of ether oxygens (including phenoxy) is 3. The Labute approximate surface area is 137 Å². The standard InChI is InChI=1S/C18H25NO4/c1-3-7-17(20)23-14(2)10-11-21-12-16-13-22-18(19-16)15-8-5-4-6-9-15/h4-6,8-9,14,16H,3,7,10-13H2,1-2H3/t14-,16-/m1/s1. The van der Waals surface area contributed by atoms with Gasteiger partial charge in [-0.15, -0.1) is 0 Å². The molecule has 1 aliphatic heterocycles. The van der Waals surface area contributed by atoms with Crippen LogP contribution in [0.4, 0.5) is 0 Å². The third-order valence-corrected chi connectivity index (χ3v) is 3.50. The minimum atomic E-state index is -0.138. The molecule has 0 amide bonds. The van der Waals surface area contributed by atoms with Crippen molar-refractivity contribution in [3.05, 3.63) is 35.9 Å². The zero-order chi connectivity index (χ0) is 16.5. The smallest absolute Gasteiger partial charge is 0.306 e. The topological polar surface area (TPSA) is 57.1 Å². The molecule has 0 spiro atoms. The Balaban J connectivity index is 1.64. The Morgan fingerprint density at radius 1 is 1.39 bits per heavy atom. The Morgan fingerprint density at radius 2 is 2.17 bits per heavy atom. The van der Waals surface area contributed by atoms with Crippen molar-refractivity contribution in [2.45, 2.75) is 45.3 Å². The van der Waals surface area contributed by atoms with Crippen LogP contribution in [0.15, 0.2) is 35.3 Å². The number of aliphatic imine (C=N–C) groups is 1. The highest BCUT2D eigenvalue weighted by atomic mass is 16.5. The lowest BCUT2D eigenvalue weighted by Gasteiger charge is -2.13. The lowest BCUT2D eigenvalue weighted by atomic mass is 10.2. The summed E-state index contributed by atoms with van der Waals surface area (Å²) in [6.45, 7) is 5.47. The summed E-state index contributed by atoms with van der Waals surface area (Å²) >= 11 is 0. The van der Waals surface area contributed by atoms with Gasteiger partial charge in [0.25, 0.3) is 0 Å². The summed E-state index contributed by atoms with van der Waals surface area (Å²) in [5, 5.41) is 0. The van der Waals surface area contributed by atoms with Crippen molar-refractivity contribution in [2.24, 2.45) is 4.99 Å². The predicted molar refractivity (Wildman–Crippen MR) is 88.6 cm³/mol. The molecule has 1 aliphatic rings. The molecule has 1 heterocycles. The second kappa shape index (κ2) is 9.30. The largest absolute Gasteiger partial charge is 0.475 e. The maximum Gasteiger partial charge on any atom is 0.306 e. The number of hydrogen-bond acceptors (Lipinski definition) is 5. The maximum absolute atomic E-state index is 11.4. The van der Waals surface area contributed by atoms with Crippen molar-refractivity contribution in [1.82, 2.24) is 0 Å². The summed E-state index contributed by atoms with van der Waals surface area (Å²) in [6, 6.07) is 9.89. The van der Waals surface area contributed by atoms with Crippen molar-refractivity contribution >= 4 is 11.9 Å². The first-order valence-corrected chi connectivity index (χ1v) is 8.22. The maximum atomic E-state index is 11.4. The van der Waals surface area contributed by atoms with E-state index in [1.54, 1.807) is 0 Å². The van der Waals surface area contributed by atoms with Gasteiger partial charge in [0.15, 0.2) is 0 Å². The second-order valence-corrected chi connectivity index (χ2v) is 5.68. The number of carbonyl (C=O) groups excluding carboxylic acids is 1. The number of rotatable bonds is 9. The van der Waals surface area contributed by atoms with Crippen LogP contribution in [0.3, 0.4) is 0 Å². The normalized spacial score (nSPS) is 18.2. The van der Waals surface area contributed by atoms with Gasteiger partial charge in [0.1, 0.15) is 18.8 Å². The van der Waals surface area contributed by atoms with Gasteiger partial charge < -0.3 is 14.2 Å². The Bertz CT molecular complexity index is 515. The number of benzene rings is 1. The van der Waals surface area contributed by atoms with E-state index in [9.17, 15) is 4.79 Å². The van der Waals surface area contributed by atoms with E-state index in [2.05, 4.69) is 4.99 Å². The SMILES string of the molecule is CCCC(=O)O[C@H](C)CCOC[C@@H]1COC(c2ccccc2)=N1. The first-order valence-electron chi connectivity index (χ1n) is 8.22. The number of esters is 1. The first kappa shape index (κ1) is 17.5. The molecule has 0 saturated carbocycles. The van der Waals surface area contributed by atoms with Crippen LogP contribution >= 0.6 is 0 Å². The molecule has 0 saturated heterocycles. The molecule has 2 rings (SSSR count). The quantitative estimate of drug-likeness (QED) is 0.519. The molecule has 0 N–H and O–H groups in total. The minimum Gasteiger partial charge on any atom is -0.475 e. The van der Waals surface area contributed by atoms with Gasteiger partial charge >= 0.3 is 5.97 Å². The molecule has 0 unspecified atom stereocenters. The summed E-state index contributed by atoms with van der Waals surface area (Å²) in [5.41, 5.74) is 0.992. The predicted octanol–water partition coefficient (Wildman–Crippen LogP) is 2.97. The average molecular weight is 319 g/mol. The average Bonchev–Trinajstić information content (AvgIpc) is 3.01. The lowest BCUT2D eigenvalue weighted by Crippen LogP contribution is -2.19. The highest BCUT2D eigenvalue weighted by Gasteiger charge is 2.20. The van der Waals surface area contributed by atoms with E-state index in [0.717, 1.165) is 12.0 Å². The summed E-state index contributed by atoms with van der Waals surface area (Å²) in [6.07, 6.45) is 1.86. The van der Waals surface area contributed by atoms with Crippen LogP contribution in [0.2, 0.25) is 0 Å². The van der Waals surface area contributed by atoms with E-state index < -0.39 is 0 Å². The molecular weight excluding hydrogens is 294 g/mol. The number of hydrogen-bond donors (Lipinski definition) is 0. The van der Waals surface area contributed by atoms with Crippen LogP contribution in [-0.4, -0.2) is 43.8 Å². The monoisotopic (exact) mass is 319 g/mol. The van der Waals surface area contributed by atoms with Gasteiger partial charge in [-0.05, 0) is 25.5 Å². The Morgan fingerprint density at radius 3 is 2.91 bits per heavy atom. The highest BCUT2D eigenvalue weighted by Crippen LogP contribution is 2.12. The zero-order valence-corrected chi connectivity index (χ0v) is 13.9. The van der Waals surface area contributed by atoms with Gasteiger partial charge in [-0.1, -0.05) is 25.1 Å². The van der Waals surface area contributed by atoms with E-state index in [4.69, 9.17) is 14.2 Å². The molecule has 1 aromatic carbocycles. The molecule has 5 nitrogen and oxygen atoms in total. The third-order valence-electron chi connectivity index (χ3n) is 3.50. The molecule has 126 valence electrons. The number of carbonyl (C=O) groups is 1. The van der Waals surface area contributed by atoms with E-state index in [1.807, 2.05) is 44.2 Å². The van der Waals surface area contributed by atoms with Crippen LogP contribution in [0, 0.1) is 0 Å². The molecule has 0 aliphatic carbocycles. The van der Waals surface area contributed by atoms with Gasteiger partial charge in [0.05, 0.1) is 13.2 Å². The fraction of sp³-hybridized carbons (Fsp3) is 0.556. The van der Waals surface area contributed by atoms with Crippen LogP contribution in [0.5, 0.6) is 0 Å². The van der Waals surface area contributed by atoms with E-state index in [1.165, 1.54) is 0 Å². The fourth-order valence-electron chi connectivity index (χ4n) is 2.25. The molecule has 0 aromatic heterocycles. The Hall–Kier alpha value is -1.88. The molecule has 2 atom stereocenters. The van der Waals surface area contributed by atoms with Crippen molar-refractivity contribution in [2.75, 3.05) is 19.8 Å². The van der Waals surface area contributed by atoms with Crippen LogP contribution in [0.25, 0.3) is 0 Å². The third kappa shape index (κ3) is 6.02. The van der Waals surface area contributed by atoms with Crippen LogP contribution < -0.4 is 0 Å². The molecule has 5 heteroatoms. The van der Waals surface area contributed by atoms with E-state index >= 15 is 0 Å². The van der Waals surface area contributed by atoms with Gasteiger partial charge in [-0.2, -0.15) is 0 Å². The van der Waals surface area contributed by atoms with Crippen molar-refractivity contribution < 1.29 is 19.0 Å². The molecule has 23 heavy (non-hydrogen) atoms. The zero-order valence-electron chi connectivity index (χ0n) is 13.9. The minimum absolute atomic E-state index is 0.0307. The Kier molecular flexibility index (Phi) is 7.07. The molecule has 0 bridgehead atoms. The molecular formula is C18H25NO4. The summed E-state index contributed by atoms with van der Waals surface area (Å²) in [5.74, 6) is 0.544. The summed E-state index contributed by atoms with van der Waals surface area (Å²) < 4.78 is 16.5. The van der Waals surface area contributed by atoms with Gasteiger partial charge in [0.2, 0.25) is 5.90 Å². The molecule has 0 radical (unpaired) electrons. The summed E-state index contributed by atoms with van der Waals surface area (Å²) in [4.78, 5) is 15.9.